The minimum absolute atomic E-state index is 0.00828. The first-order chi connectivity index (χ1) is 8.34. The Bertz CT molecular complexity index is 452. The predicted molar refractivity (Wildman–Crippen MR) is 62.8 cm³/mol. The highest BCUT2D eigenvalue weighted by atomic mass is 19.4. The van der Waals surface area contributed by atoms with Gasteiger partial charge in [-0.2, -0.15) is 13.2 Å². The maximum absolute atomic E-state index is 12.6. The number of benzene rings is 1. The van der Waals surface area contributed by atoms with E-state index in [0.717, 1.165) is 12.1 Å². The van der Waals surface area contributed by atoms with Gasteiger partial charge in [-0.3, -0.25) is 4.79 Å². The van der Waals surface area contributed by atoms with Crippen molar-refractivity contribution in [3.8, 4) is 0 Å². The summed E-state index contributed by atoms with van der Waals surface area (Å²) in [5.41, 5.74) is 4.80. The third-order valence-corrected chi connectivity index (χ3v) is 2.49. The second kappa shape index (κ2) is 5.71. The summed E-state index contributed by atoms with van der Waals surface area (Å²) in [5, 5.41) is 0. The van der Waals surface area contributed by atoms with Crippen LogP contribution in [0, 0.1) is 0 Å². The number of hydrogen-bond acceptors (Lipinski definition) is 1. The summed E-state index contributed by atoms with van der Waals surface area (Å²) in [5.74, 6) is -0.967. The van der Waals surface area contributed by atoms with Gasteiger partial charge >= 0.3 is 6.18 Å². The van der Waals surface area contributed by atoms with E-state index in [-0.39, 0.29) is 6.42 Å². The molecule has 1 aromatic rings. The lowest BCUT2D eigenvalue weighted by molar-refractivity contribution is -0.137. The largest absolute Gasteiger partial charge is 0.416 e. The number of alkyl halides is 3. The first-order valence-electron chi connectivity index (χ1n) is 5.43. The number of nitrogens with two attached hydrogens (primary N) is 1. The van der Waals surface area contributed by atoms with Crippen LogP contribution in [0.4, 0.5) is 13.2 Å². The SMILES string of the molecule is C/C=C/C(CC(N)=O)c1cccc(C(F)(F)F)c1. The van der Waals surface area contributed by atoms with E-state index in [2.05, 4.69) is 0 Å². The molecule has 2 N–H and O–H groups in total. The van der Waals surface area contributed by atoms with Crippen molar-refractivity contribution in [1.29, 1.82) is 0 Å². The van der Waals surface area contributed by atoms with E-state index in [1.54, 1.807) is 25.1 Å². The first kappa shape index (κ1) is 14.3. The van der Waals surface area contributed by atoms with Crippen molar-refractivity contribution in [3.05, 3.63) is 47.5 Å². The Balaban J connectivity index is 3.09. The molecule has 18 heavy (non-hydrogen) atoms. The van der Waals surface area contributed by atoms with Crippen molar-refractivity contribution in [3.63, 3.8) is 0 Å². The second-order valence-corrected chi connectivity index (χ2v) is 3.93. The van der Waals surface area contributed by atoms with Crippen molar-refractivity contribution >= 4 is 5.91 Å². The van der Waals surface area contributed by atoms with Gasteiger partial charge in [-0.25, -0.2) is 0 Å². The minimum Gasteiger partial charge on any atom is -0.370 e. The Hall–Kier alpha value is -1.78. The van der Waals surface area contributed by atoms with E-state index < -0.39 is 23.6 Å². The van der Waals surface area contributed by atoms with Crippen LogP contribution in [0.3, 0.4) is 0 Å². The summed E-state index contributed by atoms with van der Waals surface area (Å²) in [6.45, 7) is 1.74. The summed E-state index contributed by atoms with van der Waals surface area (Å²) in [6.07, 6.45) is -1.04. The molecule has 0 heterocycles. The Kier molecular flexibility index (Phi) is 4.53. The molecule has 0 aliphatic heterocycles. The van der Waals surface area contributed by atoms with Crippen LogP contribution in [0.25, 0.3) is 0 Å². The zero-order valence-corrected chi connectivity index (χ0v) is 9.87. The van der Waals surface area contributed by atoms with Crippen LogP contribution in [-0.4, -0.2) is 5.91 Å². The van der Waals surface area contributed by atoms with Gasteiger partial charge in [0.1, 0.15) is 0 Å². The van der Waals surface area contributed by atoms with E-state index in [1.165, 1.54) is 6.07 Å². The molecule has 0 saturated carbocycles. The van der Waals surface area contributed by atoms with Crippen LogP contribution in [0.5, 0.6) is 0 Å². The number of primary amides is 1. The van der Waals surface area contributed by atoms with Gasteiger partial charge < -0.3 is 5.73 Å². The molecule has 5 heteroatoms. The van der Waals surface area contributed by atoms with Gasteiger partial charge in [-0.05, 0) is 18.6 Å². The molecule has 0 radical (unpaired) electrons. The monoisotopic (exact) mass is 257 g/mol. The fraction of sp³-hybridized carbons (Fsp3) is 0.308. The lowest BCUT2D eigenvalue weighted by Crippen LogP contribution is -2.15. The average molecular weight is 257 g/mol. The van der Waals surface area contributed by atoms with Crippen LogP contribution in [0.2, 0.25) is 0 Å². The number of hydrogen-bond donors (Lipinski definition) is 1. The molecule has 1 unspecified atom stereocenters. The number of carbonyl (C=O) groups is 1. The molecule has 0 spiro atoms. The van der Waals surface area contributed by atoms with Crippen LogP contribution in [0.15, 0.2) is 36.4 Å². The molecule has 2 nitrogen and oxygen atoms in total. The molecule has 98 valence electrons. The Morgan fingerprint density at radius 3 is 2.61 bits per heavy atom. The molecule has 1 amide bonds. The number of allylic oxidation sites excluding steroid dienone is 2. The lowest BCUT2D eigenvalue weighted by atomic mass is 9.93. The molecule has 0 aromatic heterocycles. The van der Waals surface area contributed by atoms with Gasteiger partial charge in [0.25, 0.3) is 0 Å². The Morgan fingerprint density at radius 1 is 1.44 bits per heavy atom. The fourth-order valence-electron chi connectivity index (χ4n) is 1.69. The number of carbonyl (C=O) groups excluding carboxylic acids is 1. The highest BCUT2D eigenvalue weighted by molar-refractivity contribution is 5.75. The molecule has 1 aromatic carbocycles. The summed E-state index contributed by atoms with van der Waals surface area (Å²) in [7, 11) is 0. The first-order valence-corrected chi connectivity index (χ1v) is 5.43. The molecule has 0 aliphatic carbocycles. The van der Waals surface area contributed by atoms with Crippen molar-refractivity contribution in [1.82, 2.24) is 0 Å². The minimum atomic E-state index is -4.39. The van der Waals surface area contributed by atoms with E-state index in [1.807, 2.05) is 0 Å². The number of amides is 1. The standard InChI is InChI=1S/C13H14F3NO/c1-2-4-9(8-12(17)18)10-5-3-6-11(7-10)13(14,15)16/h2-7,9H,8H2,1H3,(H2,17,18)/b4-2+. The van der Waals surface area contributed by atoms with Gasteiger partial charge in [-0.15, -0.1) is 0 Å². The molecular formula is C13H14F3NO. The predicted octanol–water partition coefficient (Wildman–Crippen LogP) is 3.24. The molecular weight excluding hydrogens is 243 g/mol. The third kappa shape index (κ3) is 3.91. The third-order valence-electron chi connectivity index (χ3n) is 2.49. The summed E-state index contributed by atoms with van der Waals surface area (Å²) >= 11 is 0. The highest BCUT2D eigenvalue weighted by Gasteiger charge is 2.30. The van der Waals surface area contributed by atoms with Crippen LogP contribution in [-0.2, 0) is 11.0 Å². The van der Waals surface area contributed by atoms with Crippen molar-refractivity contribution in [2.75, 3.05) is 0 Å². The molecule has 0 saturated heterocycles. The normalized spacial score (nSPS) is 13.8. The fourth-order valence-corrected chi connectivity index (χ4v) is 1.69. The smallest absolute Gasteiger partial charge is 0.370 e. The summed E-state index contributed by atoms with van der Waals surface area (Å²) < 4.78 is 37.7. The van der Waals surface area contributed by atoms with E-state index >= 15 is 0 Å². The van der Waals surface area contributed by atoms with E-state index in [4.69, 9.17) is 5.73 Å². The molecule has 1 rings (SSSR count). The number of halogens is 3. The highest BCUT2D eigenvalue weighted by Crippen LogP contribution is 2.32. The van der Waals surface area contributed by atoms with Crippen LogP contribution in [0.1, 0.15) is 30.4 Å². The van der Waals surface area contributed by atoms with Gasteiger partial charge in [0.2, 0.25) is 5.91 Å². The maximum atomic E-state index is 12.6. The van der Waals surface area contributed by atoms with Gasteiger partial charge in [0.15, 0.2) is 0 Å². The van der Waals surface area contributed by atoms with Crippen LogP contribution < -0.4 is 5.73 Å². The molecule has 0 fully saturated rings. The van der Waals surface area contributed by atoms with E-state index in [0.29, 0.717) is 5.56 Å². The molecule has 0 bridgehead atoms. The van der Waals surface area contributed by atoms with Gasteiger partial charge in [0.05, 0.1) is 5.56 Å². The van der Waals surface area contributed by atoms with Crippen molar-refractivity contribution in [2.24, 2.45) is 5.73 Å². The molecule has 0 aliphatic rings. The lowest BCUT2D eigenvalue weighted by Gasteiger charge is -2.14. The number of rotatable bonds is 4. The van der Waals surface area contributed by atoms with Crippen LogP contribution >= 0.6 is 0 Å². The van der Waals surface area contributed by atoms with Gasteiger partial charge in [-0.1, -0.05) is 30.4 Å². The van der Waals surface area contributed by atoms with E-state index in [9.17, 15) is 18.0 Å². The maximum Gasteiger partial charge on any atom is 0.416 e. The zero-order valence-electron chi connectivity index (χ0n) is 9.87. The molecule has 1 atom stereocenters. The zero-order chi connectivity index (χ0) is 13.8. The topological polar surface area (TPSA) is 43.1 Å². The summed E-state index contributed by atoms with van der Waals surface area (Å²) in [6, 6.07) is 4.94. The van der Waals surface area contributed by atoms with Gasteiger partial charge in [0, 0.05) is 12.3 Å². The Morgan fingerprint density at radius 2 is 2.11 bits per heavy atom. The Labute approximate surface area is 103 Å². The average Bonchev–Trinajstić information content (AvgIpc) is 2.27. The van der Waals surface area contributed by atoms with Crippen molar-refractivity contribution < 1.29 is 18.0 Å². The quantitative estimate of drug-likeness (QED) is 0.827. The summed E-state index contributed by atoms with van der Waals surface area (Å²) in [4.78, 5) is 10.9. The van der Waals surface area contributed by atoms with Crippen molar-refractivity contribution in [2.45, 2.75) is 25.4 Å². The second-order valence-electron chi connectivity index (χ2n) is 3.93.